The van der Waals surface area contributed by atoms with Crippen LogP contribution >= 0.6 is 0 Å². The highest BCUT2D eigenvalue weighted by Crippen LogP contribution is 2.15. The largest absolute Gasteiger partial charge is 0.411 e. The zero-order valence-electron chi connectivity index (χ0n) is 16.2. The van der Waals surface area contributed by atoms with Crippen LogP contribution in [-0.4, -0.2) is 35.5 Å². The van der Waals surface area contributed by atoms with Gasteiger partial charge in [0.15, 0.2) is 0 Å². The molecule has 0 amide bonds. The second-order valence-corrected chi connectivity index (χ2v) is 6.67. The number of likely N-dealkylation sites (N-methyl/N-ethyl adjacent to an activating group) is 1. The van der Waals surface area contributed by atoms with E-state index in [0.717, 1.165) is 63.0 Å². The van der Waals surface area contributed by atoms with E-state index in [1.165, 1.54) is 11.1 Å². The topological polar surface area (TPSA) is 35.8 Å². The summed E-state index contributed by atoms with van der Waals surface area (Å²) in [5, 5.41) is 12.8. The number of benzene rings is 2. The first kappa shape index (κ1) is 20.2. The summed E-state index contributed by atoms with van der Waals surface area (Å²) in [4.78, 5) is 2.47. The van der Waals surface area contributed by atoms with Gasteiger partial charge >= 0.3 is 0 Å². The van der Waals surface area contributed by atoms with E-state index in [-0.39, 0.29) is 0 Å². The molecule has 0 saturated heterocycles. The maximum absolute atomic E-state index is 9.29. The van der Waals surface area contributed by atoms with Crippen molar-refractivity contribution in [3.05, 3.63) is 71.3 Å². The third-order valence-electron chi connectivity index (χ3n) is 5.05. The van der Waals surface area contributed by atoms with Crippen molar-refractivity contribution in [2.24, 2.45) is 5.16 Å². The Balaban J connectivity index is 1.84. The summed E-state index contributed by atoms with van der Waals surface area (Å²) in [5.41, 5.74) is 4.72. The van der Waals surface area contributed by atoms with Gasteiger partial charge in [-0.15, -0.1) is 0 Å². The van der Waals surface area contributed by atoms with Gasteiger partial charge in [-0.1, -0.05) is 73.6 Å². The van der Waals surface area contributed by atoms with Gasteiger partial charge in [0, 0.05) is 6.54 Å². The molecule has 0 saturated carbocycles. The monoisotopic (exact) mass is 352 g/mol. The first-order valence-corrected chi connectivity index (χ1v) is 9.84. The average Bonchev–Trinajstić information content (AvgIpc) is 2.70. The van der Waals surface area contributed by atoms with Gasteiger partial charge in [0.05, 0.1) is 5.71 Å². The summed E-state index contributed by atoms with van der Waals surface area (Å²) in [6.45, 7) is 7.80. The van der Waals surface area contributed by atoms with Crippen LogP contribution in [0.25, 0.3) is 0 Å². The van der Waals surface area contributed by atoms with E-state index in [4.69, 9.17) is 0 Å². The van der Waals surface area contributed by atoms with Crippen LogP contribution in [0.3, 0.4) is 0 Å². The van der Waals surface area contributed by atoms with Gasteiger partial charge in [0.25, 0.3) is 0 Å². The molecule has 0 aliphatic carbocycles. The molecule has 26 heavy (non-hydrogen) atoms. The minimum absolute atomic E-state index is 0.778. The molecule has 0 spiro atoms. The summed E-state index contributed by atoms with van der Waals surface area (Å²) >= 11 is 0. The fourth-order valence-corrected chi connectivity index (χ4v) is 3.35. The summed E-state index contributed by atoms with van der Waals surface area (Å²) in [7, 11) is 0. The molecule has 0 aliphatic heterocycles. The molecule has 140 valence electrons. The Hall–Kier alpha value is -2.13. The number of aryl methyl sites for hydroxylation is 1. The van der Waals surface area contributed by atoms with E-state index in [2.05, 4.69) is 48.2 Å². The van der Waals surface area contributed by atoms with E-state index in [1.807, 2.05) is 30.3 Å². The number of nitrogens with zero attached hydrogens (tertiary/aromatic N) is 2. The van der Waals surface area contributed by atoms with Crippen LogP contribution in [0, 0.1) is 0 Å². The van der Waals surface area contributed by atoms with Crippen molar-refractivity contribution in [1.82, 2.24) is 4.90 Å². The Bertz CT molecular complexity index is 663. The van der Waals surface area contributed by atoms with Gasteiger partial charge in [-0.05, 0) is 61.9 Å². The predicted molar refractivity (Wildman–Crippen MR) is 110 cm³/mol. The molecular weight excluding hydrogens is 320 g/mol. The van der Waals surface area contributed by atoms with E-state index in [1.54, 1.807) is 0 Å². The third kappa shape index (κ3) is 6.30. The van der Waals surface area contributed by atoms with E-state index < -0.39 is 0 Å². The maximum Gasteiger partial charge on any atom is 0.0867 e. The van der Waals surface area contributed by atoms with Gasteiger partial charge in [-0.2, -0.15) is 0 Å². The fourth-order valence-electron chi connectivity index (χ4n) is 3.35. The lowest BCUT2D eigenvalue weighted by atomic mass is 9.97. The Kier molecular flexibility index (Phi) is 8.91. The lowest BCUT2D eigenvalue weighted by Crippen LogP contribution is -2.25. The van der Waals surface area contributed by atoms with Crippen molar-refractivity contribution in [2.45, 2.75) is 46.0 Å². The van der Waals surface area contributed by atoms with Gasteiger partial charge in [0.1, 0.15) is 0 Å². The van der Waals surface area contributed by atoms with Gasteiger partial charge in [-0.25, -0.2) is 0 Å². The highest BCUT2D eigenvalue weighted by atomic mass is 16.4. The normalized spacial score (nSPS) is 11.9. The van der Waals surface area contributed by atoms with Crippen LogP contribution in [0.1, 0.15) is 49.8 Å². The summed E-state index contributed by atoms with van der Waals surface area (Å²) in [6, 6.07) is 18.7. The molecule has 0 aliphatic rings. The Labute approximate surface area is 158 Å². The van der Waals surface area contributed by atoms with Gasteiger partial charge in [-0.3, -0.25) is 0 Å². The molecule has 0 fully saturated rings. The number of unbranched alkanes of at least 4 members (excludes halogenated alkanes) is 1. The molecule has 2 rings (SSSR count). The molecule has 0 heterocycles. The van der Waals surface area contributed by atoms with Crippen molar-refractivity contribution in [1.29, 1.82) is 0 Å². The summed E-state index contributed by atoms with van der Waals surface area (Å²) < 4.78 is 0. The summed E-state index contributed by atoms with van der Waals surface area (Å²) in [5.74, 6) is 0. The smallest absolute Gasteiger partial charge is 0.0867 e. The molecule has 0 aromatic heterocycles. The van der Waals surface area contributed by atoms with Crippen molar-refractivity contribution < 1.29 is 5.21 Å². The van der Waals surface area contributed by atoms with Crippen LogP contribution < -0.4 is 0 Å². The number of hydrogen-bond donors (Lipinski definition) is 1. The number of rotatable bonds is 11. The molecule has 3 heteroatoms. The number of oxime groups is 1. The van der Waals surface area contributed by atoms with Crippen LogP contribution in [0.2, 0.25) is 0 Å². The van der Waals surface area contributed by atoms with Crippen molar-refractivity contribution in [3.8, 4) is 0 Å². The SMILES string of the molecule is CCN(CC)CCc1ccccc1CCCCC(=NO)c1ccccc1. The fraction of sp³-hybridized carbons (Fsp3) is 0.435. The van der Waals surface area contributed by atoms with Gasteiger partial charge in [0.2, 0.25) is 0 Å². The van der Waals surface area contributed by atoms with Crippen molar-refractivity contribution >= 4 is 5.71 Å². The first-order valence-electron chi connectivity index (χ1n) is 9.84. The highest BCUT2D eigenvalue weighted by Gasteiger charge is 2.07. The third-order valence-corrected chi connectivity index (χ3v) is 5.05. The molecule has 0 bridgehead atoms. The van der Waals surface area contributed by atoms with Crippen LogP contribution in [-0.2, 0) is 12.8 Å². The Morgan fingerprint density at radius 1 is 0.846 bits per heavy atom. The molecule has 0 atom stereocenters. The average molecular weight is 353 g/mol. The predicted octanol–water partition coefficient (Wildman–Crippen LogP) is 5.16. The molecular formula is C23H32N2O. The van der Waals surface area contributed by atoms with Gasteiger partial charge < -0.3 is 10.1 Å². The quantitative estimate of drug-likeness (QED) is 0.262. The van der Waals surface area contributed by atoms with E-state index in [9.17, 15) is 5.21 Å². The standard InChI is InChI=1S/C23H32N2O/c1-3-25(4-2)19-18-21-14-9-8-12-20(21)13-10-11-17-23(24-26)22-15-6-5-7-16-22/h5-9,12,14-16,26H,3-4,10-11,13,17-19H2,1-2H3. The first-order chi connectivity index (χ1) is 12.8. The maximum atomic E-state index is 9.29. The molecule has 0 unspecified atom stereocenters. The molecule has 0 radical (unpaired) electrons. The van der Waals surface area contributed by atoms with Crippen molar-refractivity contribution in [2.75, 3.05) is 19.6 Å². The highest BCUT2D eigenvalue weighted by molar-refractivity contribution is 6.00. The summed E-state index contributed by atoms with van der Waals surface area (Å²) in [6.07, 6.45) is 5.14. The van der Waals surface area contributed by atoms with E-state index >= 15 is 0 Å². The Morgan fingerprint density at radius 3 is 2.08 bits per heavy atom. The van der Waals surface area contributed by atoms with E-state index in [0.29, 0.717) is 0 Å². The number of hydrogen-bond acceptors (Lipinski definition) is 3. The zero-order chi connectivity index (χ0) is 18.6. The zero-order valence-corrected chi connectivity index (χ0v) is 16.2. The lowest BCUT2D eigenvalue weighted by molar-refractivity contribution is 0.307. The van der Waals surface area contributed by atoms with Crippen LogP contribution in [0.15, 0.2) is 59.8 Å². The van der Waals surface area contributed by atoms with Crippen LogP contribution in [0.4, 0.5) is 0 Å². The minimum atomic E-state index is 0.778. The molecule has 1 N–H and O–H groups in total. The van der Waals surface area contributed by atoms with Crippen molar-refractivity contribution in [3.63, 3.8) is 0 Å². The second kappa shape index (κ2) is 11.5. The Morgan fingerprint density at radius 2 is 1.46 bits per heavy atom. The minimum Gasteiger partial charge on any atom is -0.411 e. The second-order valence-electron chi connectivity index (χ2n) is 6.67. The molecule has 2 aromatic carbocycles. The lowest BCUT2D eigenvalue weighted by Gasteiger charge is -2.19. The molecule has 3 nitrogen and oxygen atoms in total. The molecule has 2 aromatic rings. The van der Waals surface area contributed by atoms with Crippen LogP contribution in [0.5, 0.6) is 0 Å².